The Balaban J connectivity index is 2.07. The molecular formula is C24H36N2O6. The fraction of sp³-hybridized carbons (Fsp3) is 0.625. The number of nitrogens with one attached hydrogen (secondary N) is 1. The normalized spacial score (nSPS) is 16.9. The monoisotopic (exact) mass is 448 g/mol. The summed E-state index contributed by atoms with van der Waals surface area (Å²) in [6.07, 6.45) is -0.0360. The zero-order valence-corrected chi connectivity index (χ0v) is 19.7. The molecule has 2 amide bonds. The molecule has 2 unspecified atom stereocenters. The lowest BCUT2D eigenvalue weighted by molar-refractivity contribution is -0.139. The van der Waals surface area contributed by atoms with Gasteiger partial charge in [-0.2, -0.15) is 0 Å². The van der Waals surface area contributed by atoms with Crippen LogP contribution in [0.1, 0.15) is 65.5 Å². The van der Waals surface area contributed by atoms with E-state index in [2.05, 4.69) is 5.32 Å². The molecule has 0 aromatic heterocycles. The number of benzene rings is 1. The molecule has 1 fully saturated rings. The van der Waals surface area contributed by atoms with Crippen molar-refractivity contribution >= 4 is 18.2 Å². The van der Waals surface area contributed by atoms with E-state index in [1.54, 1.807) is 4.90 Å². The highest BCUT2D eigenvalue weighted by atomic mass is 16.6. The number of ether oxygens (including phenoxy) is 2. The molecule has 2 rings (SSSR count). The lowest BCUT2D eigenvalue weighted by atomic mass is 9.87. The number of carbonyl (C=O) groups is 3. The molecule has 1 aromatic rings. The van der Waals surface area contributed by atoms with E-state index in [4.69, 9.17) is 9.47 Å². The predicted molar refractivity (Wildman–Crippen MR) is 120 cm³/mol. The second-order valence-electron chi connectivity index (χ2n) is 9.71. The molecule has 0 aliphatic carbocycles. The molecule has 178 valence electrons. The van der Waals surface area contributed by atoms with Crippen molar-refractivity contribution in [2.45, 2.75) is 71.6 Å². The average Bonchev–Trinajstić information content (AvgIpc) is 2.70. The van der Waals surface area contributed by atoms with Crippen LogP contribution in [0.25, 0.3) is 0 Å². The van der Waals surface area contributed by atoms with Gasteiger partial charge in [0.2, 0.25) is 0 Å². The molecule has 0 bridgehead atoms. The van der Waals surface area contributed by atoms with Crippen LogP contribution in [-0.2, 0) is 14.3 Å². The highest BCUT2D eigenvalue weighted by Crippen LogP contribution is 2.34. The van der Waals surface area contributed by atoms with Gasteiger partial charge in [-0.05, 0) is 51.5 Å². The van der Waals surface area contributed by atoms with E-state index in [-0.39, 0.29) is 17.9 Å². The molecule has 2 atom stereocenters. The largest absolute Gasteiger partial charge is 0.480 e. The molecule has 0 spiro atoms. The maximum absolute atomic E-state index is 12.6. The summed E-state index contributed by atoms with van der Waals surface area (Å²) in [5, 5.41) is 11.9. The zero-order valence-electron chi connectivity index (χ0n) is 19.7. The Bertz CT molecular complexity index is 766. The third-order valence-corrected chi connectivity index (χ3v) is 5.28. The summed E-state index contributed by atoms with van der Waals surface area (Å²) < 4.78 is 11.2. The number of alkyl carbamates (subject to hydrolysis) is 1. The quantitative estimate of drug-likeness (QED) is 0.632. The predicted octanol–water partition coefficient (Wildman–Crippen LogP) is 4.60. The number of aliphatic carboxylic acids is 1. The second kappa shape index (κ2) is 11.2. The van der Waals surface area contributed by atoms with Crippen molar-refractivity contribution in [3.63, 3.8) is 0 Å². The van der Waals surface area contributed by atoms with E-state index >= 15 is 0 Å². The van der Waals surface area contributed by atoms with Crippen molar-refractivity contribution in [1.82, 2.24) is 10.2 Å². The van der Waals surface area contributed by atoms with Crippen LogP contribution in [0.5, 0.6) is 0 Å². The molecular weight excluding hydrogens is 412 g/mol. The number of carboxylic acid groups (broad SMARTS) is 1. The third-order valence-electron chi connectivity index (χ3n) is 5.28. The van der Waals surface area contributed by atoms with Gasteiger partial charge in [-0.15, -0.1) is 0 Å². The van der Waals surface area contributed by atoms with Crippen molar-refractivity contribution in [2.75, 3.05) is 13.1 Å². The van der Waals surface area contributed by atoms with E-state index in [0.29, 0.717) is 32.4 Å². The minimum atomic E-state index is -1.09. The smallest absolute Gasteiger partial charge is 0.410 e. The topological polar surface area (TPSA) is 105 Å². The lowest BCUT2D eigenvalue weighted by Gasteiger charge is -2.36. The summed E-state index contributed by atoms with van der Waals surface area (Å²) in [7, 11) is 0. The first-order chi connectivity index (χ1) is 15.0. The molecule has 8 heteroatoms. The van der Waals surface area contributed by atoms with Crippen LogP contribution in [0.2, 0.25) is 0 Å². The Morgan fingerprint density at radius 3 is 2.22 bits per heavy atom. The number of hydrogen-bond acceptors (Lipinski definition) is 5. The summed E-state index contributed by atoms with van der Waals surface area (Å²) in [6.45, 7) is 10.3. The first kappa shape index (κ1) is 25.5. The van der Waals surface area contributed by atoms with Crippen molar-refractivity contribution in [2.24, 2.45) is 11.8 Å². The van der Waals surface area contributed by atoms with Crippen molar-refractivity contribution in [3.05, 3.63) is 35.9 Å². The van der Waals surface area contributed by atoms with E-state index in [1.165, 1.54) is 0 Å². The Labute approximate surface area is 190 Å². The highest BCUT2D eigenvalue weighted by Gasteiger charge is 2.34. The van der Waals surface area contributed by atoms with Gasteiger partial charge in [0.05, 0.1) is 0 Å². The minimum absolute atomic E-state index is 0.00443. The molecule has 0 radical (unpaired) electrons. The Hall–Kier alpha value is -2.77. The molecule has 1 aliphatic rings. The van der Waals surface area contributed by atoms with E-state index in [0.717, 1.165) is 5.56 Å². The molecule has 2 N–H and O–H groups in total. The summed E-state index contributed by atoms with van der Waals surface area (Å²) in [4.78, 5) is 38.2. The fourth-order valence-electron chi connectivity index (χ4n) is 3.77. The minimum Gasteiger partial charge on any atom is -0.480 e. The number of likely N-dealkylation sites (tertiary alicyclic amines) is 1. The number of amides is 2. The SMILES string of the molecule is CC(C)CC(NC(=O)OC(c1ccccc1)C1CCN(C(=O)OC(C)(C)C)CC1)C(=O)O. The van der Waals surface area contributed by atoms with Crippen LogP contribution >= 0.6 is 0 Å². The molecule has 32 heavy (non-hydrogen) atoms. The van der Waals surface area contributed by atoms with Gasteiger partial charge in [0.1, 0.15) is 17.7 Å². The number of carboxylic acids is 1. The van der Waals surface area contributed by atoms with Crippen LogP contribution < -0.4 is 5.32 Å². The van der Waals surface area contributed by atoms with E-state index in [1.807, 2.05) is 65.0 Å². The van der Waals surface area contributed by atoms with Gasteiger partial charge >= 0.3 is 18.2 Å². The van der Waals surface area contributed by atoms with Crippen LogP contribution in [0.4, 0.5) is 9.59 Å². The molecule has 8 nitrogen and oxygen atoms in total. The van der Waals surface area contributed by atoms with Gasteiger partial charge in [0, 0.05) is 19.0 Å². The van der Waals surface area contributed by atoms with Crippen LogP contribution in [0, 0.1) is 11.8 Å². The van der Waals surface area contributed by atoms with Gasteiger partial charge in [-0.1, -0.05) is 44.2 Å². The van der Waals surface area contributed by atoms with Gasteiger partial charge in [0.15, 0.2) is 0 Å². The highest BCUT2D eigenvalue weighted by molar-refractivity contribution is 5.80. The van der Waals surface area contributed by atoms with Gasteiger partial charge in [-0.3, -0.25) is 0 Å². The van der Waals surface area contributed by atoms with Gasteiger partial charge in [0.25, 0.3) is 0 Å². The summed E-state index contributed by atoms with van der Waals surface area (Å²) in [5.74, 6) is -0.980. The number of rotatable bonds is 7. The Kier molecular flexibility index (Phi) is 8.92. The molecule has 1 saturated heterocycles. The molecule has 1 heterocycles. The summed E-state index contributed by atoms with van der Waals surface area (Å²) in [6, 6.07) is 8.40. The number of carbonyl (C=O) groups excluding carboxylic acids is 2. The lowest BCUT2D eigenvalue weighted by Crippen LogP contribution is -2.44. The van der Waals surface area contributed by atoms with Crippen molar-refractivity contribution in [1.29, 1.82) is 0 Å². The van der Waals surface area contributed by atoms with Crippen LogP contribution in [0.3, 0.4) is 0 Å². The van der Waals surface area contributed by atoms with E-state index in [9.17, 15) is 19.5 Å². The van der Waals surface area contributed by atoms with Gasteiger partial charge < -0.3 is 24.8 Å². The van der Waals surface area contributed by atoms with Crippen molar-refractivity contribution < 1.29 is 29.0 Å². The maximum atomic E-state index is 12.6. The zero-order chi connectivity index (χ0) is 23.9. The van der Waals surface area contributed by atoms with Crippen LogP contribution in [0.15, 0.2) is 30.3 Å². The maximum Gasteiger partial charge on any atom is 0.410 e. The summed E-state index contributed by atoms with van der Waals surface area (Å²) >= 11 is 0. The average molecular weight is 449 g/mol. The van der Waals surface area contributed by atoms with E-state index < -0.39 is 29.8 Å². The van der Waals surface area contributed by atoms with Crippen LogP contribution in [-0.4, -0.2) is 52.9 Å². The van der Waals surface area contributed by atoms with Crippen molar-refractivity contribution in [3.8, 4) is 0 Å². The first-order valence-electron chi connectivity index (χ1n) is 11.2. The second-order valence-corrected chi connectivity index (χ2v) is 9.71. The number of hydrogen-bond donors (Lipinski definition) is 2. The molecule has 0 saturated carbocycles. The number of piperidine rings is 1. The Morgan fingerprint density at radius 1 is 1.12 bits per heavy atom. The summed E-state index contributed by atoms with van der Waals surface area (Å²) in [5.41, 5.74) is 0.285. The van der Waals surface area contributed by atoms with Gasteiger partial charge in [-0.25, -0.2) is 14.4 Å². The third kappa shape index (κ3) is 8.05. The first-order valence-corrected chi connectivity index (χ1v) is 11.2. The Morgan fingerprint density at radius 2 is 1.72 bits per heavy atom. The molecule has 1 aromatic carbocycles. The fourth-order valence-corrected chi connectivity index (χ4v) is 3.77. The standard InChI is InChI=1S/C24H36N2O6/c1-16(2)15-19(21(27)28)25-22(29)31-20(17-9-7-6-8-10-17)18-11-13-26(14-12-18)23(30)32-24(3,4)5/h6-10,16,18-20H,11-15H2,1-5H3,(H,25,29)(H,27,28). The molecule has 1 aliphatic heterocycles. The number of nitrogens with zero attached hydrogens (tertiary/aromatic N) is 1.